The van der Waals surface area contributed by atoms with Crippen LogP contribution < -0.4 is 5.73 Å². The highest BCUT2D eigenvalue weighted by Crippen LogP contribution is 2.33. The minimum absolute atomic E-state index is 0.149. The van der Waals surface area contributed by atoms with E-state index >= 15 is 0 Å². The number of likely N-dealkylation sites (N-methyl/N-ethyl adjacent to an activating group) is 1. The van der Waals surface area contributed by atoms with E-state index in [-0.39, 0.29) is 5.54 Å². The normalized spacial score (nSPS) is 34.6. The van der Waals surface area contributed by atoms with Crippen molar-refractivity contribution in [2.45, 2.75) is 65.2 Å². The Balaban J connectivity index is 2.83. The summed E-state index contributed by atoms with van der Waals surface area (Å²) in [5.41, 5.74) is 6.27. The van der Waals surface area contributed by atoms with Gasteiger partial charge in [0.2, 0.25) is 0 Å². The summed E-state index contributed by atoms with van der Waals surface area (Å²) in [6.45, 7) is 14.1. The predicted octanol–water partition coefficient (Wildman–Crippen LogP) is 2.25. The average molecular weight is 242 g/mol. The van der Waals surface area contributed by atoms with E-state index in [2.05, 4.69) is 39.5 Å². The molecule has 17 heavy (non-hydrogen) atoms. The molecule has 1 aliphatic heterocycles. The average Bonchev–Trinajstić information content (AvgIpc) is 2.24. The van der Waals surface area contributed by atoms with Gasteiger partial charge in [-0.05, 0) is 39.2 Å². The molecule has 0 aromatic carbocycles. The number of nitrogens with two attached hydrogens (primary N) is 1. The van der Waals surface area contributed by atoms with Crippen molar-refractivity contribution in [1.82, 2.24) is 4.90 Å². The number of ether oxygens (including phenoxy) is 1. The lowest BCUT2D eigenvalue weighted by Crippen LogP contribution is -2.60. The molecular weight excluding hydrogens is 212 g/mol. The van der Waals surface area contributed by atoms with Crippen molar-refractivity contribution in [3.8, 4) is 0 Å². The molecule has 0 aliphatic carbocycles. The zero-order valence-corrected chi connectivity index (χ0v) is 12.2. The number of hydrogen-bond acceptors (Lipinski definition) is 3. The summed E-state index contributed by atoms with van der Waals surface area (Å²) in [6, 6.07) is 0. The molecule has 0 saturated carbocycles. The molecule has 2 atom stereocenters. The molecule has 0 radical (unpaired) electrons. The Hall–Kier alpha value is -0.120. The van der Waals surface area contributed by atoms with Crippen LogP contribution in [0, 0.1) is 5.92 Å². The van der Waals surface area contributed by atoms with Gasteiger partial charge in [0.15, 0.2) is 0 Å². The minimum Gasteiger partial charge on any atom is -0.375 e. The van der Waals surface area contributed by atoms with Crippen molar-refractivity contribution in [3.63, 3.8) is 0 Å². The van der Waals surface area contributed by atoms with Crippen LogP contribution in [0.15, 0.2) is 0 Å². The van der Waals surface area contributed by atoms with Gasteiger partial charge in [-0.3, -0.25) is 4.90 Å². The third kappa shape index (κ3) is 3.67. The van der Waals surface area contributed by atoms with E-state index in [9.17, 15) is 0 Å². The van der Waals surface area contributed by atoms with Crippen LogP contribution in [0.25, 0.3) is 0 Å². The highest BCUT2D eigenvalue weighted by Gasteiger charge is 2.41. The number of nitrogens with zero attached hydrogens (tertiary/aromatic N) is 1. The largest absolute Gasteiger partial charge is 0.375 e. The molecule has 1 fully saturated rings. The molecule has 0 spiro atoms. The number of hydrogen-bond donors (Lipinski definition) is 1. The number of rotatable bonds is 5. The summed E-state index contributed by atoms with van der Waals surface area (Å²) in [7, 11) is 0. The molecule has 2 N–H and O–H groups in total. The second-order valence-corrected chi connectivity index (χ2v) is 6.03. The summed E-state index contributed by atoms with van der Waals surface area (Å²) in [4.78, 5) is 2.58. The first-order valence-corrected chi connectivity index (χ1v) is 7.04. The van der Waals surface area contributed by atoms with E-state index in [1.807, 2.05) is 0 Å². The topological polar surface area (TPSA) is 38.5 Å². The predicted molar refractivity (Wildman–Crippen MR) is 73.1 cm³/mol. The van der Waals surface area contributed by atoms with E-state index < -0.39 is 0 Å². The van der Waals surface area contributed by atoms with Crippen molar-refractivity contribution in [2.75, 3.05) is 19.6 Å². The van der Waals surface area contributed by atoms with Crippen molar-refractivity contribution in [2.24, 2.45) is 11.7 Å². The van der Waals surface area contributed by atoms with Gasteiger partial charge in [0.05, 0.1) is 12.2 Å². The van der Waals surface area contributed by atoms with Gasteiger partial charge in [-0.1, -0.05) is 20.8 Å². The van der Waals surface area contributed by atoms with Gasteiger partial charge in [-0.2, -0.15) is 0 Å². The van der Waals surface area contributed by atoms with Crippen LogP contribution >= 0.6 is 0 Å². The van der Waals surface area contributed by atoms with Gasteiger partial charge < -0.3 is 10.5 Å². The summed E-state index contributed by atoms with van der Waals surface area (Å²) >= 11 is 0. The lowest BCUT2D eigenvalue weighted by molar-refractivity contribution is -0.104. The third-order valence-corrected chi connectivity index (χ3v) is 3.82. The van der Waals surface area contributed by atoms with Crippen molar-refractivity contribution < 1.29 is 4.74 Å². The first-order chi connectivity index (χ1) is 7.93. The fourth-order valence-corrected chi connectivity index (χ4v) is 3.30. The third-order valence-electron chi connectivity index (χ3n) is 3.82. The molecule has 1 heterocycles. The molecule has 1 saturated heterocycles. The summed E-state index contributed by atoms with van der Waals surface area (Å²) in [6.07, 6.45) is 2.77. The van der Waals surface area contributed by atoms with Crippen molar-refractivity contribution >= 4 is 0 Å². The fourth-order valence-electron chi connectivity index (χ4n) is 3.30. The van der Waals surface area contributed by atoms with Crippen LogP contribution in [0.3, 0.4) is 0 Å². The molecule has 2 unspecified atom stereocenters. The molecule has 3 nitrogen and oxygen atoms in total. The quantitative estimate of drug-likeness (QED) is 0.803. The maximum absolute atomic E-state index is 6.12. The maximum Gasteiger partial charge on any atom is 0.0568 e. The molecule has 3 heteroatoms. The summed E-state index contributed by atoms with van der Waals surface area (Å²) < 4.78 is 5.86. The highest BCUT2D eigenvalue weighted by molar-refractivity contribution is 4.97. The molecule has 102 valence electrons. The Morgan fingerprint density at radius 3 is 2.18 bits per heavy atom. The molecule has 1 aliphatic rings. The smallest absolute Gasteiger partial charge is 0.0568 e. The molecule has 0 amide bonds. The van der Waals surface area contributed by atoms with Crippen molar-refractivity contribution in [3.05, 3.63) is 0 Å². The Morgan fingerprint density at radius 1 is 1.29 bits per heavy atom. The maximum atomic E-state index is 6.12. The van der Waals surface area contributed by atoms with Gasteiger partial charge >= 0.3 is 0 Å². The van der Waals surface area contributed by atoms with E-state index in [1.165, 1.54) is 0 Å². The SMILES string of the molecule is CCN(CC(C)C)C1(CN)CC(C)OC(C)C1. The van der Waals surface area contributed by atoms with Crippen LogP contribution in [0.1, 0.15) is 47.5 Å². The Kier molecular flexibility index (Phi) is 5.42. The minimum atomic E-state index is 0.149. The Morgan fingerprint density at radius 2 is 1.82 bits per heavy atom. The zero-order valence-electron chi connectivity index (χ0n) is 12.2. The first kappa shape index (κ1) is 14.9. The summed E-state index contributed by atoms with van der Waals surface area (Å²) in [5, 5.41) is 0. The molecule has 0 bridgehead atoms. The lowest BCUT2D eigenvalue weighted by atomic mass is 9.82. The van der Waals surface area contributed by atoms with E-state index in [0.29, 0.717) is 18.1 Å². The summed E-state index contributed by atoms with van der Waals surface area (Å²) in [5.74, 6) is 0.687. The van der Waals surface area contributed by atoms with Crippen LogP contribution in [0.4, 0.5) is 0 Å². The van der Waals surface area contributed by atoms with Gasteiger partial charge in [0, 0.05) is 18.6 Å². The highest BCUT2D eigenvalue weighted by atomic mass is 16.5. The second-order valence-electron chi connectivity index (χ2n) is 6.03. The Bertz CT molecular complexity index is 220. The standard InChI is InChI=1S/C14H30N2O/c1-6-16(9-11(2)3)14(10-15)7-12(4)17-13(5)8-14/h11-13H,6-10,15H2,1-5H3. The second kappa shape index (κ2) is 6.17. The van der Waals surface area contributed by atoms with Gasteiger partial charge in [0.1, 0.15) is 0 Å². The van der Waals surface area contributed by atoms with Crippen molar-refractivity contribution in [1.29, 1.82) is 0 Å². The lowest BCUT2D eigenvalue weighted by Gasteiger charge is -2.49. The van der Waals surface area contributed by atoms with E-state index in [4.69, 9.17) is 10.5 Å². The monoisotopic (exact) mass is 242 g/mol. The van der Waals surface area contributed by atoms with Gasteiger partial charge in [-0.15, -0.1) is 0 Å². The van der Waals surface area contributed by atoms with Gasteiger partial charge in [0.25, 0.3) is 0 Å². The van der Waals surface area contributed by atoms with Crippen LogP contribution in [-0.4, -0.2) is 42.3 Å². The van der Waals surface area contributed by atoms with Crippen LogP contribution in [-0.2, 0) is 4.74 Å². The fraction of sp³-hybridized carbons (Fsp3) is 1.00. The first-order valence-electron chi connectivity index (χ1n) is 7.04. The van der Waals surface area contributed by atoms with Crippen LogP contribution in [0.5, 0.6) is 0 Å². The van der Waals surface area contributed by atoms with E-state index in [1.54, 1.807) is 0 Å². The molecule has 0 aromatic heterocycles. The molecule has 1 rings (SSSR count). The molecule has 0 aromatic rings. The molecular formula is C14H30N2O. The van der Waals surface area contributed by atoms with Gasteiger partial charge in [-0.25, -0.2) is 0 Å². The zero-order chi connectivity index (χ0) is 13.1. The van der Waals surface area contributed by atoms with E-state index in [0.717, 1.165) is 32.5 Å². The Labute approximate surface area is 107 Å². The van der Waals surface area contributed by atoms with Crippen LogP contribution in [0.2, 0.25) is 0 Å².